The summed E-state index contributed by atoms with van der Waals surface area (Å²) in [6, 6.07) is 12.6. The molecule has 0 saturated heterocycles. The van der Waals surface area contributed by atoms with Crippen LogP contribution in [0.2, 0.25) is 0 Å². The fourth-order valence-electron chi connectivity index (χ4n) is 3.81. The predicted molar refractivity (Wildman–Crippen MR) is 149 cm³/mol. The van der Waals surface area contributed by atoms with Crippen molar-refractivity contribution in [2.75, 3.05) is 23.3 Å². The predicted octanol–water partition coefficient (Wildman–Crippen LogP) is 1.90. The molecule has 4 aromatic rings. The molecule has 2 aromatic heterocycles. The number of rotatable bonds is 11. The number of nitrogen functional groups attached to an aromatic ring is 2. The lowest BCUT2D eigenvalue weighted by Crippen LogP contribution is -2.41. The van der Waals surface area contributed by atoms with Gasteiger partial charge in [0.1, 0.15) is 6.04 Å². The number of carboxylic acid groups (broad SMARTS) is 1. The number of carbonyl (C=O) groups is 3. The molecule has 0 radical (unpaired) electrons. The minimum Gasteiger partial charge on any atom is -0.480 e. The van der Waals surface area contributed by atoms with E-state index in [9.17, 15) is 19.5 Å². The van der Waals surface area contributed by atoms with E-state index in [-0.39, 0.29) is 30.6 Å². The summed E-state index contributed by atoms with van der Waals surface area (Å²) in [6.07, 6.45) is 2.08. The first-order valence-electron chi connectivity index (χ1n) is 12.5. The molecular weight excluding hydrogens is 514 g/mol. The number of aromatic nitrogens is 4. The molecule has 13 nitrogen and oxygen atoms in total. The van der Waals surface area contributed by atoms with Crippen molar-refractivity contribution in [3.63, 3.8) is 0 Å². The molecule has 4 rings (SSSR count). The maximum Gasteiger partial charge on any atom is 0.326 e. The highest BCUT2D eigenvalue weighted by molar-refractivity contribution is 5.97. The van der Waals surface area contributed by atoms with E-state index >= 15 is 0 Å². The van der Waals surface area contributed by atoms with Crippen LogP contribution in [0.4, 0.5) is 17.5 Å². The Labute approximate surface area is 229 Å². The van der Waals surface area contributed by atoms with E-state index in [0.29, 0.717) is 46.6 Å². The first kappa shape index (κ1) is 27.7. The van der Waals surface area contributed by atoms with Gasteiger partial charge in [-0.3, -0.25) is 9.59 Å². The maximum absolute atomic E-state index is 12.7. The van der Waals surface area contributed by atoms with E-state index in [2.05, 4.69) is 35.9 Å². The van der Waals surface area contributed by atoms with E-state index in [1.807, 2.05) is 19.1 Å². The lowest BCUT2D eigenvalue weighted by atomic mass is 10.1. The van der Waals surface area contributed by atoms with Crippen LogP contribution in [0.5, 0.6) is 0 Å². The standard InChI is InChI=1S/C27H29N9O4/c1-15-4-6-16(7-5-15)24(37)30-12-2-3-20(26(39)40)34-25(38)17-8-10-18(11-9-17)31-13-19-14-32-23-21(33-19)22(28)35-27(29)36-23/h4-11,14,20,31H,2-3,12-13H2,1H3,(H,30,37)(H,34,38)(H,39,40)(H4,28,29,32,35,36)/t20-/m0/s1. The summed E-state index contributed by atoms with van der Waals surface area (Å²) < 4.78 is 0. The molecule has 2 amide bonds. The number of anilines is 3. The minimum absolute atomic E-state index is 0.0198. The maximum atomic E-state index is 12.7. The van der Waals surface area contributed by atoms with Gasteiger partial charge in [0.2, 0.25) is 5.95 Å². The van der Waals surface area contributed by atoms with Gasteiger partial charge in [0, 0.05) is 23.4 Å². The Morgan fingerprint density at radius 3 is 2.30 bits per heavy atom. The van der Waals surface area contributed by atoms with Crippen molar-refractivity contribution in [3.8, 4) is 0 Å². The summed E-state index contributed by atoms with van der Waals surface area (Å²) in [4.78, 5) is 53.1. The number of nitrogens with one attached hydrogen (secondary N) is 3. The molecule has 40 heavy (non-hydrogen) atoms. The van der Waals surface area contributed by atoms with Gasteiger partial charge in [-0.05, 0) is 56.2 Å². The largest absolute Gasteiger partial charge is 0.480 e. The summed E-state index contributed by atoms with van der Waals surface area (Å²) >= 11 is 0. The number of aliphatic carboxylic acids is 1. The van der Waals surface area contributed by atoms with Gasteiger partial charge in [-0.15, -0.1) is 0 Å². The SMILES string of the molecule is Cc1ccc(C(=O)NCCC[C@H](NC(=O)c2ccc(NCc3cnc4nc(N)nc(N)c4n3)cc2)C(=O)O)cc1. The van der Waals surface area contributed by atoms with E-state index < -0.39 is 17.9 Å². The van der Waals surface area contributed by atoms with Crippen molar-refractivity contribution in [2.24, 2.45) is 0 Å². The highest BCUT2D eigenvalue weighted by atomic mass is 16.4. The second-order valence-electron chi connectivity index (χ2n) is 9.06. The molecule has 1 atom stereocenters. The molecule has 8 N–H and O–H groups in total. The number of hydrogen-bond donors (Lipinski definition) is 6. The Balaban J connectivity index is 1.26. The van der Waals surface area contributed by atoms with Gasteiger partial charge >= 0.3 is 5.97 Å². The number of amides is 2. The molecule has 2 heterocycles. The smallest absolute Gasteiger partial charge is 0.326 e. The van der Waals surface area contributed by atoms with Crippen LogP contribution >= 0.6 is 0 Å². The number of carboxylic acids is 1. The van der Waals surface area contributed by atoms with Gasteiger partial charge in [-0.2, -0.15) is 9.97 Å². The molecule has 0 spiro atoms. The van der Waals surface area contributed by atoms with Crippen molar-refractivity contribution in [1.82, 2.24) is 30.6 Å². The zero-order valence-corrected chi connectivity index (χ0v) is 21.7. The molecule has 0 fully saturated rings. The lowest BCUT2D eigenvalue weighted by Gasteiger charge is -2.15. The normalized spacial score (nSPS) is 11.5. The van der Waals surface area contributed by atoms with Crippen LogP contribution in [0.25, 0.3) is 11.2 Å². The third kappa shape index (κ3) is 7.16. The Bertz CT molecular complexity index is 1530. The van der Waals surface area contributed by atoms with Gasteiger partial charge in [0.25, 0.3) is 11.8 Å². The van der Waals surface area contributed by atoms with E-state index in [0.717, 1.165) is 5.56 Å². The number of nitrogens with two attached hydrogens (primary N) is 2. The summed E-state index contributed by atoms with van der Waals surface area (Å²) in [7, 11) is 0. The minimum atomic E-state index is -1.15. The average molecular weight is 544 g/mol. The highest BCUT2D eigenvalue weighted by Gasteiger charge is 2.20. The molecule has 206 valence electrons. The van der Waals surface area contributed by atoms with E-state index in [4.69, 9.17) is 11.5 Å². The molecule has 0 bridgehead atoms. The quantitative estimate of drug-likeness (QED) is 0.150. The van der Waals surface area contributed by atoms with Crippen molar-refractivity contribution in [3.05, 3.63) is 77.1 Å². The van der Waals surface area contributed by atoms with Crippen LogP contribution < -0.4 is 27.4 Å². The molecule has 0 aliphatic rings. The number of aryl methyl sites for hydroxylation is 1. The highest BCUT2D eigenvalue weighted by Crippen LogP contribution is 2.16. The van der Waals surface area contributed by atoms with Gasteiger partial charge < -0.3 is 32.5 Å². The molecule has 0 aliphatic carbocycles. The molecule has 0 unspecified atom stereocenters. The van der Waals surface area contributed by atoms with Crippen LogP contribution in [0.1, 0.15) is 44.8 Å². The number of carbonyl (C=O) groups excluding carboxylic acids is 2. The molecular formula is C27H29N9O4. The monoisotopic (exact) mass is 543 g/mol. The van der Waals surface area contributed by atoms with Crippen LogP contribution in [0.3, 0.4) is 0 Å². The zero-order chi connectivity index (χ0) is 28.6. The van der Waals surface area contributed by atoms with Gasteiger partial charge in [-0.1, -0.05) is 17.7 Å². The summed E-state index contributed by atoms with van der Waals surface area (Å²) in [5.74, 6) is -1.75. The number of fused-ring (bicyclic) bond motifs is 1. The third-order valence-corrected chi connectivity index (χ3v) is 5.99. The lowest BCUT2D eigenvalue weighted by molar-refractivity contribution is -0.139. The topological polar surface area (TPSA) is 211 Å². The van der Waals surface area contributed by atoms with Crippen LogP contribution in [0.15, 0.2) is 54.7 Å². The Kier molecular flexibility index (Phi) is 8.64. The summed E-state index contributed by atoms with van der Waals surface area (Å²) in [5.41, 5.74) is 15.3. The Morgan fingerprint density at radius 1 is 0.925 bits per heavy atom. The summed E-state index contributed by atoms with van der Waals surface area (Å²) in [5, 5.41) is 18.0. The number of benzene rings is 2. The summed E-state index contributed by atoms with van der Waals surface area (Å²) in [6.45, 7) is 2.53. The third-order valence-electron chi connectivity index (χ3n) is 5.99. The zero-order valence-electron chi connectivity index (χ0n) is 21.7. The van der Waals surface area contributed by atoms with Gasteiger partial charge in [-0.25, -0.2) is 14.8 Å². The number of nitrogens with zero attached hydrogens (tertiary/aromatic N) is 4. The fourth-order valence-corrected chi connectivity index (χ4v) is 3.81. The Hall–Kier alpha value is -5.33. The van der Waals surface area contributed by atoms with Crippen molar-refractivity contribution < 1.29 is 19.5 Å². The van der Waals surface area contributed by atoms with Gasteiger partial charge in [0.05, 0.1) is 18.4 Å². The van der Waals surface area contributed by atoms with Crippen LogP contribution in [0, 0.1) is 6.92 Å². The van der Waals surface area contributed by atoms with Crippen molar-refractivity contribution >= 4 is 46.4 Å². The first-order chi connectivity index (χ1) is 19.2. The van der Waals surface area contributed by atoms with Crippen LogP contribution in [-0.2, 0) is 11.3 Å². The molecule has 2 aromatic carbocycles. The molecule has 0 saturated carbocycles. The molecule has 0 aliphatic heterocycles. The average Bonchev–Trinajstić information content (AvgIpc) is 2.94. The van der Waals surface area contributed by atoms with Crippen molar-refractivity contribution in [1.29, 1.82) is 0 Å². The van der Waals surface area contributed by atoms with Crippen LogP contribution in [-0.4, -0.2) is 55.4 Å². The second kappa shape index (κ2) is 12.5. The Morgan fingerprint density at radius 2 is 1.60 bits per heavy atom. The first-order valence-corrected chi connectivity index (χ1v) is 12.5. The second-order valence-corrected chi connectivity index (χ2v) is 9.06. The van der Waals surface area contributed by atoms with E-state index in [1.165, 1.54) is 0 Å². The fraction of sp³-hybridized carbons (Fsp3) is 0.222. The van der Waals surface area contributed by atoms with Gasteiger partial charge in [0.15, 0.2) is 17.0 Å². The number of hydrogen-bond acceptors (Lipinski definition) is 10. The van der Waals surface area contributed by atoms with E-state index in [1.54, 1.807) is 42.6 Å². The molecule has 13 heteroatoms. The van der Waals surface area contributed by atoms with Crippen molar-refractivity contribution in [2.45, 2.75) is 32.4 Å².